The molecule has 0 amide bonds. The maximum Gasteiger partial charge on any atom is 0.333 e. The summed E-state index contributed by atoms with van der Waals surface area (Å²) in [5.41, 5.74) is 1.18. The normalized spacial score (nSPS) is 10.4. The number of nitrogens with zero attached hydrogens (tertiary/aromatic N) is 1. The van der Waals surface area contributed by atoms with E-state index in [1.807, 2.05) is 30.3 Å². The SMILES string of the molecule is C=C(CCC(=O)n1ccc2ccccc21)C(=O)OC. The van der Waals surface area contributed by atoms with E-state index in [0.717, 1.165) is 10.9 Å². The Morgan fingerprint density at radius 3 is 2.68 bits per heavy atom. The van der Waals surface area contributed by atoms with Gasteiger partial charge in [0, 0.05) is 23.6 Å². The van der Waals surface area contributed by atoms with E-state index in [1.54, 1.807) is 10.8 Å². The third-order valence-electron chi connectivity index (χ3n) is 2.98. The molecule has 0 saturated carbocycles. The number of benzene rings is 1. The molecule has 4 heteroatoms. The molecule has 0 bridgehead atoms. The fraction of sp³-hybridized carbons (Fsp3) is 0.200. The minimum absolute atomic E-state index is 0.0637. The Kier molecular flexibility index (Phi) is 3.80. The van der Waals surface area contributed by atoms with Crippen LogP contribution in [0.15, 0.2) is 48.7 Å². The van der Waals surface area contributed by atoms with Crippen LogP contribution in [-0.4, -0.2) is 23.6 Å². The second kappa shape index (κ2) is 5.52. The Bertz CT molecular complexity index is 640. The summed E-state index contributed by atoms with van der Waals surface area (Å²) < 4.78 is 6.15. The number of fused-ring (bicyclic) bond motifs is 1. The van der Waals surface area contributed by atoms with Gasteiger partial charge in [-0.15, -0.1) is 0 Å². The number of aromatic nitrogens is 1. The van der Waals surface area contributed by atoms with Crippen molar-refractivity contribution in [1.82, 2.24) is 4.57 Å². The van der Waals surface area contributed by atoms with E-state index < -0.39 is 5.97 Å². The van der Waals surface area contributed by atoms with Crippen molar-refractivity contribution < 1.29 is 14.3 Å². The molecule has 0 aliphatic carbocycles. The van der Waals surface area contributed by atoms with Crippen LogP contribution in [0.5, 0.6) is 0 Å². The fourth-order valence-corrected chi connectivity index (χ4v) is 1.93. The molecule has 19 heavy (non-hydrogen) atoms. The highest BCUT2D eigenvalue weighted by atomic mass is 16.5. The first-order valence-electron chi connectivity index (χ1n) is 5.99. The van der Waals surface area contributed by atoms with Gasteiger partial charge in [0.2, 0.25) is 5.91 Å². The van der Waals surface area contributed by atoms with Crippen molar-refractivity contribution in [2.75, 3.05) is 7.11 Å². The van der Waals surface area contributed by atoms with Gasteiger partial charge in [0.1, 0.15) is 0 Å². The first-order valence-corrected chi connectivity index (χ1v) is 5.99. The van der Waals surface area contributed by atoms with Crippen LogP contribution in [-0.2, 0) is 9.53 Å². The van der Waals surface area contributed by atoms with Crippen LogP contribution in [0.1, 0.15) is 17.6 Å². The standard InChI is InChI=1S/C15H15NO3/c1-11(15(18)19-2)7-8-14(17)16-10-9-12-5-3-4-6-13(12)16/h3-6,9-10H,1,7-8H2,2H3. The van der Waals surface area contributed by atoms with Crippen molar-refractivity contribution in [3.05, 3.63) is 48.7 Å². The minimum atomic E-state index is -0.467. The lowest BCUT2D eigenvalue weighted by Crippen LogP contribution is -2.11. The molecule has 1 aromatic carbocycles. The van der Waals surface area contributed by atoms with Gasteiger partial charge in [-0.25, -0.2) is 4.79 Å². The molecule has 4 nitrogen and oxygen atoms in total. The van der Waals surface area contributed by atoms with Gasteiger partial charge in [-0.05, 0) is 18.6 Å². The maximum atomic E-state index is 12.1. The topological polar surface area (TPSA) is 48.3 Å². The number of rotatable bonds is 4. The number of para-hydroxylation sites is 1. The summed E-state index contributed by atoms with van der Waals surface area (Å²) in [6, 6.07) is 9.55. The molecule has 0 aliphatic rings. The minimum Gasteiger partial charge on any atom is -0.466 e. The van der Waals surface area contributed by atoms with Crippen LogP contribution < -0.4 is 0 Å². The zero-order valence-corrected chi connectivity index (χ0v) is 10.8. The van der Waals surface area contributed by atoms with Gasteiger partial charge >= 0.3 is 5.97 Å². The maximum absolute atomic E-state index is 12.1. The Balaban J connectivity index is 2.08. The second-order valence-corrected chi connectivity index (χ2v) is 4.23. The molecule has 0 radical (unpaired) electrons. The van der Waals surface area contributed by atoms with E-state index in [4.69, 9.17) is 0 Å². The number of hydrogen-bond donors (Lipinski definition) is 0. The first-order chi connectivity index (χ1) is 9.13. The Labute approximate surface area is 111 Å². The third kappa shape index (κ3) is 2.73. The summed E-state index contributed by atoms with van der Waals surface area (Å²) in [6.45, 7) is 3.61. The molecule has 1 heterocycles. The molecule has 0 atom stereocenters. The molecule has 0 spiro atoms. The zero-order valence-electron chi connectivity index (χ0n) is 10.8. The average molecular weight is 257 g/mol. The predicted molar refractivity (Wildman–Crippen MR) is 73.0 cm³/mol. The zero-order chi connectivity index (χ0) is 13.8. The number of ether oxygens (including phenoxy) is 1. The summed E-state index contributed by atoms with van der Waals surface area (Å²) in [5.74, 6) is -0.531. The van der Waals surface area contributed by atoms with Gasteiger partial charge in [0.05, 0.1) is 12.6 Å². The molecule has 98 valence electrons. The fourth-order valence-electron chi connectivity index (χ4n) is 1.93. The quantitative estimate of drug-likeness (QED) is 0.625. The van der Waals surface area contributed by atoms with E-state index in [0.29, 0.717) is 12.0 Å². The van der Waals surface area contributed by atoms with Crippen LogP contribution >= 0.6 is 0 Å². The second-order valence-electron chi connectivity index (χ2n) is 4.23. The number of carbonyl (C=O) groups is 2. The van der Waals surface area contributed by atoms with E-state index >= 15 is 0 Å². The number of esters is 1. The van der Waals surface area contributed by atoms with Crippen LogP contribution in [0.3, 0.4) is 0 Å². The molecule has 0 N–H and O–H groups in total. The Morgan fingerprint density at radius 2 is 1.95 bits per heavy atom. The molecule has 0 unspecified atom stereocenters. The highest BCUT2D eigenvalue weighted by Crippen LogP contribution is 2.16. The van der Waals surface area contributed by atoms with Gasteiger partial charge < -0.3 is 4.74 Å². The van der Waals surface area contributed by atoms with Crippen LogP contribution in [0.2, 0.25) is 0 Å². The molecule has 0 saturated heterocycles. The van der Waals surface area contributed by atoms with Crippen molar-refractivity contribution in [2.24, 2.45) is 0 Å². The smallest absolute Gasteiger partial charge is 0.333 e. The summed E-state index contributed by atoms with van der Waals surface area (Å²) in [4.78, 5) is 23.3. The van der Waals surface area contributed by atoms with Gasteiger partial charge in [-0.2, -0.15) is 0 Å². The van der Waals surface area contributed by atoms with E-state index in [2.05, 4.69) is 11.3 Å². The monoisotopic (exact) mass is 257 g/mol. The molecule has 0 aliphatic heterocycles. The van der Waals surface area contributed by atoms with Gasteiger partial charge in [-0.1, -0.05) is 24.8 Å². The Morgan fingerprint density at radius 1 is 1.21 bits per heavy atom. The molecule has 2 rings (SSSR count). The van der Waals surface area contributed by atoms with Crippen LogP contribution in [0, 0.1) is 0 Å². The average Bonchev–Trinajstić information content (AvgIpc) is 2.87. The lowest BCUT2D eigenvalue weighted by Gasteiger charge is -2.05. The number of hydrogen-bond acceptors (Lipinski definition) is 3. The predicted octanol–water partition coefficient (Wildman–Crippen LogP) is 2.79. The van der Waals surface area contributed by atoms with Crippen molar-refractivity contribution in [3.63, 3.8) is 0 Å². The van der Waals surface area contributed by atoms with E-state index in [-0.39, 0.29) is 12.3 Å². The lowest BCUT2D eigenvalue weighted by atomic mass is 10.1. The van der Waals surface area contributed by atoms with Gasteiger partial charge in [0.15, 0.2) is 0 Å². The molecule has 2 aromatic rings. The number of methoxy groups -OCH3 is 1. The highest BCUT2D eigenvalue weighted by molar-refractivity contribution is 5.93. The van der Waals surface area contributed by atoms with Gasteiger partial charge in [-0.3, -0.25) is 9.36 Å². The van der Waals surface area contributed by atoms with E-state index in [1.165, 1.54) is 7.11 Å². The summed E-state index contributed by atoms with van der Waals surface area (Å²) in [6.07, 6.45) is 2.28. The molecule has 1 aromatic heterocycles. The van der Waals surface area contributed by atoms with Crippen molar-refractivity contribution in [3.8, 4) is 0 Å². The Hall–Kier alpha value is -2.36. The molecule has 0 fully saturated rings. The molecular formula is C15H15NO3. The lowest BCUT2D eigenvalue weighted by molar-refractivity contribution is -0.136. The molecular weight excluding hydrogens is 242 g/mol. The van der Waals surface area contributed by atoms with E-state index in [9.17, 15) is 9.59 Å². The number of carbonyl (C=O) groups excluding carboxylic acids is 2. The summed E-state index contributed by atoms with van der Waals surface area (Å²) in [5, 5.41) is 1.02. The summed E-state index contributed by atoms with van der Waals surface area (Å²) in [7, 11) is 1.30. The van der Waals surface area contributed by atoms with Crippen molar-refractivity contribution >= 4 is 22.8 Å². The van der Waals surface area contributed by atoms with Crippen molar-refractivity contribution in [2.45, 2.75) is 12.8 Å². The largest absolute Gasteiger partial charge is 0.466 e. The van der Waals surface area contributed by atoms with Crippen molar-refractivity contribution in [1.29, 1.82) is 0 Å². The summed E-state index contributed by atoms with van der Waals surface area (Å²) >= 11 is 0. The first kappa shape index (κ1) is 13.1. The highest BCUT2D eigenvalue weighted by Gasteiger charge is 2.12. The third-order valence-corrected chi connectivity index (χ3v) is 2.98. The van der Waals surface area contributed by atoms with Gasteiger partial charge in [0.25, 0.3) is 0 Å². The van der Waals surface area contributed by atoms with Crippen LogP contribution in [0.4, 0.5) is 0 Å². The van der Waals surface area contributed by atoms with Crippen LogP contribution in [0.25, 0.3) is 10.9 Å².